The summed E-state index contributed by atoms with van der Waals surface area (Å²) in [6, 6.07) is 2.29. The van der Waals surface area contributed by atoms with E-state index in [1.807, 2.05) is 5.32 Å². The molecule has 0 spiro atoms. The van der Waals surface area contributed by atoms with Crippen molar-refractivity contribution in [2.75, 3.05) is 11.9 Å². The minimum Gasteiger partial charge on any atom is -0.481 e. The highest BCUT2D eigenvalue weighted by atomic mass is 35.5. The summed E-state index contributed by atoms with van der Waals surface area (Å²) in [5, 5.41) is 13.2. The molecule has 7 nitrogen and oxygen atoms in total. The van der Waals surface area contributed by atoms with E-state index in [2.05, 4.69) is 16.6 Å². The SMILES string of the molecule is C=CCOC(=O)N[C@H](C(=O)Nc1cc(C[C@H](C)C(=O)O)ccc1Cl)C(C)C(F)(F)F. The number of ether oxygens (including phenoxy) is 1. The lowest BCUT2D eigenvalue weighted by atomic mass is 9.99. The summed E-state index contributed by atoms with van der Waals surface area (Å²) in [6.07, 6.45) is -4.67. The Balaban J connectivity index is 3.08. The number of alkyl halides is 3. The minimum absolute atomic E-state index is 0.0163. The van der Waals surface area contributed by atoms with Gasteiger partial charge in [0.2, 0.25) is 5.91 Å². The quantitative estimate of drug-likeness (QED) is 0.493. The summed E-state index contributed by atoms with van der Waals surface area (Å²) in [6.45, 7) is 5.28. The highest BCUT2D eigenvalue weighted by Gasteiger charge is 2.45. The molecule has 0 fully saturated rings. The Morgan fingerprint density at radius 1 is 1.30 bits per heavy atom. The monoisotopic (exact) mass is 450 g/mol. The van der Waals surface area contributed by atoms with E-state index in [-0.39, 0.29) is 23.7 Å². The standard InChI is InChI=1S/C19H22ClF3N2O5/c1-4-7-30-18(29)25-15(11(3)19(21,22)23)16(26)24-14-9-12(5-6-13(14)20)8-10(2)17(27)28/h4-6,9-11,15H,1,7-8H2,2-3H3,(H,24,26)(H,25,29)(H,27,28)/t10-,11?,15-/m0/s1. The molecule has 166 valence electrons. The van der Waals surface area contributed by atoms with Gasteiger partial charge in [-0.15, -0.1) is 0 Å². The number of halogens is 4. The molecule has 0 saturated carbocycles. The molecule has 0 aliphatic carbocycles. The lowest BCUT2D eigenvalue weighted by Gasteiger charge is -2.26. The molecule has 0 saturated heterocycles. The van der Waals surface area contributed by atoms with Crippen molar-refractivity contribution in [3.8, 4) is 0 Å². The van der Waals surface area contributed by atoms with Gasteiger partial charge < -0.3 is 20.5 Å². The van der Waals surface area contributed by atoms with E-state index in [0.29, 0.717) is 5.56 Å². The van der Waals surface area contributed by atoms with Crippen LogP contribution >= 0.6 is 11.6 Å². The van der Waals surface area contributed by atoms with Crippen LogP contribution in [0.15, 0.2) is 30.9 Å². The zero-order valence-corrected chi connectivity index (χ0v) is 17.0. The van der Waals surface area contributed by atoms with Gasteiger partial charge in [-0.25, -0.2) is 4.79 Å². The first-order chi connectivity index (χ1) is 13.9. The molecule has 1 rings (SSSR count). The Bertz CT molecular complexity index is 801. The Hall–Kier alpha value is -2.75. The first-order valence-corrected chi connectivity index (χ1v) is 9.17. The van der Waals surface area contributed by atoms with E-state index >= 15 is 0 Å². The molecular formula is C19H22ClF3N2O5. The molecule has 11 heteroatoms. The van der Waals surface area contributed by atoms with Gasteiger partial charge in [0.1, 0.15) is 12.6 Å². The molecule has 0 bridgehead atoms. The van der Waals surface area contributed by atoms with E-state index in [9.17, 15) is 27.6 Å². The van der Waals surface area contributed by atoms with Crippen molar-refractivity contribution in [2.45, 2.75) is 32.5 Å². The smallest absolute Gasteiger partial charge is 0.408 e. The number of anilines is 1. The molecule has 2 amide bonds. The van der Waals surface area contributed by atoms with Gasteiger partial charge in [-0.1, -0.05) is 44.2 Å². The van der Waals surface area contributed by atoms with Crippen LogP contribution in [0, 0.1) is 11.8 Å². The van der Waals surface area contributed by atoms with Gasteiger partial charge in [0, 0.05) is 0 Å². The van der Waals surface area contributed by atoms with Crippen molar-refractivity contribution in [1.29, 1.82) is 0 Å². The summed E-state index contributed by atoms with van der Waals surface area (Å²) in [4.78, 5) is 35.3. The summed E-state index contributed by atoms with van der Waals surface area (Å²) >= 11 is 6.01. The second-order valence-electron chi connectivity index (χ2n) is 6.59. The molecule has 0 radical (unpaired) electrons. The summed E-state index contributed by atoms with van der Waals surface area (Å²) < 4.78 is 44.2. The van der Waals surface area contributed by atoms with E-state index in [0.717, 1.165) is 6.92 Å². The van der Waals surface area contributed by atoms with Crippen molar-refractivity contribution < 1.29 is 37.4 Å². The van der Waals surface area contributed by atoms with Gasteiger partial charge in [0.05, 0.1) is 22.5 Å². The second-order valence-corrected chi connectivity index (χ2v) is 6.99. The number of nitrogens with one attached hydrogen (secondary N) is 2. The number of alkyl carbamates (subject to hydrolysis) is 1. The molecule has 0 heterocycles. The molecule has 0 aromatic heterocycles. The van der Waals surface area contributed by atoms with Crippen LogP contribution in [-0.4, -0.2) is 41.9 Å². The van der Waals surface area contributed by atoms with E-state index in [1.165, 1.54) is 31.2 Å². The zero-order chi connectivity index (χ0) is 23.1. The Morgan fingerprint density at radius 2 is 1.93 bits per heavy atom. The van der Waals surface area contributed by atoms with Gasteiger partial charge in [-0.3, -0.25) is 9.59 Å². The zero-order valence-electron chi connectivity index (χ0n) is 16.3. The first-order valence-electron chi connectivity index (χ1n) is 8.79. The van der Waals surface area contributed by atoms with E-state index in [4.69, 9.17) is 16.7 Å². The van der Waals surface area contributed by atoms with E-state index in [1.54, 1.807) is 0 Å². The van der Waals surface area contributed by atoms with Crippen LogP contribution in [0.5, 0.6) is 0 Å². The van der Waals surface area contributed by atoms with Gasteiger partial charge in [0.15, 0.2) is 0 Å². The number of hydrogen-bond acceptors (Lipinski definition) is 4. The van der Waals surface area contributed by atoms with Crippen LogP contribution in [-0.2, 0) is 20.7 Å². The number of amides is 2. The number of carbonyl (C=O) groups is 3. The number of hydrogen-bond donors (Lipinski definition) is 3. The molecule has 3 N–H and O–H groups in total. The number of carboxylic acids is 1. The molecule has 1 aromatic rings. The maximum absolute atomic E-state index is 13.2. The number of rotatable bonds is 9. The fourth-order valence-corrected chi connectivity index (χ4v) is 2.52. The predicted molar refractivity (Wildman–Crippen MR) is 104 cm³/mol. The lowest BCUT2D eigenvalue weighted by molar-refractivity contribution is -0.178. The molecule has 0 aliphatic heterocycles. The van der Waals surface area contributed by atoms with Gasteiger partial charge in [-0.05, 0) is 24.1 Å². The third-order valence-electron chi connectivity index (χ3n) is 4.16. The fraction of sp³-hybridized carbons (Fsp3) is 0.421. The summed E-state index contributed by atoms with van der Waals surface area (Å²) in [5.41, 5.74) is 0.487. The minimum atomic E-state index is -4.78. The van der Waals surface area contributed by atoms with Crippen molar-refractivity contribution in [2.24, 2.45) is 11.8 Å². The number of carbonyl (C=O) groups excluding carboxylic acids is 2. The molecule has 0 aliphatic rings. The molecule has 1 aromatic carbocycles. The van der Waals surface area contributed by atoms with Crippen LogP contribution in [0.4, 0.5) is 23.7 Å². The Kier molecular flexibility index (Phi) is 9.16. The average molecular weight is 451 g/mol. The highest BCUT2D eigenvalue weighted by Crippen LogP contribution is 2.30. The van der Waals surface area contributed by atoms with Gasteiger partial charge >= 0.3 is 18.2 Å². The van der Waals surface area contributed by atoms with Crippen LogP contribution < -0.4 is 10.6 Å². The fourth-order valence-electron chi connectivity index (χ4n) is 2.36. The van der Waals surface area contributed by atoms with E-state index < -0.39 is 42.0 Å². The number of aliphatic carboxylic acids is 1. The summed E-state index contributed by atoms with van der Waals surface area (Å²) in [5.74, 6) is -5.16. The van der Waals surface area contributed by atoms with Crippen LogP contribution in [0.2, 0.25) is 5.02 Å². The number of benzene rings is 1. The predicted octanol–water partition coefficient (Wildman–Crippen LogP) is 4.02. The van der Waals surface area contributed by atoms with Crippen LogP contribution in [0.1, 0.15) is 19.4 Å². The van der Waals surface area contributed by atoms with Crippen molar-refractivity contribution >= 4 is 35.3 Å². The van der Waals surface area contributed by atoms with Crippen LogP contribution in [0.3, 0.4) is 0 Å². The lowest BCUT2D eigenvalue weighted by Crippen LogP contribution is -2.52. The maximum atomic E-state index is 13.2. The van der Waals surface area contributed by atoms with Crippen LogP contribution in [0.25, 0.3) is 0 Å². The molecule has 3 atom stereocenters. The summed E-state index contributed by atoms with van der Waals surface area (Å²) in [7, 11) is 0. The van der Waals surface area contributed by atoms with Gasteiger partial charge in [0.25, 0.3) is 0 Å². The topological polar surface area (TPSA) is 105 Å². The first kappa shape index (κ1) is 25.3. The van der Waals surface area contributed by atoms with Crippen molar-refractivity contribution in [3.05, 3.63) is 41.4 Å². The average Bonchev–Trinajstić information content (AvgIpc) is 2.65. The third kappa shape index (κ3) is 7.58. The van der Waals surface area contributed by atoms with Gasteiger partial charge in [-0.2, -0.15) is 13.2 Å². The van der Waals surface area contributed by atoms with Crippen molar-refractivity contribution in [1.82, 2.24) is 5.32 Å². The largest absolute Gasteiger partial charge is 0.481 e. The highest BCUT2D eigenvalue weighted by molar-refractivity contribution is 6.33. The third-order valence-corrected chi connectivity index (χ3v) is 4.49. The normalized spacial score (nSPS) is 14.2. The molecule has 30 heavy (non-hydrogen) atoms. The second kappa shape index (κ2) is 10.9. The maximum Gasteiger partial charge on any atom is 0.408 e. The molecule has 1 unspecified atom stereocenters. The number of carboxylic acid groups (broad SMARTS) is 1. The van der Waals surface area contributed by atoms with Crippen molar-refractivity contribution in [3.63, 3.8) is 0 Å². The Labute approximate surface area is 176 Å². The molecular weight excluding hydrogens is 429 g/mol. The Morgan fingerprint density at radius 3 is 2.47 bits per heavy atom.